The van der Waals surface area contributed by atoms with Crippen LogP contribution in [0.25, 0.3) is 0 Å². The van der Waals surface area contributed by atoms with Gasteiger partial charge in [-0.15, -0.1) is 35.3 Å². The first-order chi connectivity index (χ1) is 12.6. The first kappa shape index (κ1) is 23.2. The van der Waals surface area contributed by atoms with Gasteiger partial charge in [-0.05, 0) is 31.5 Å². The third-order valence-electron chi connectivity index (χ3n) is 3.49. The van der Waals surface area contributed by atoms with E-state index in [1.807, 2.05) is 38.1 Å². The van der Waals surface area contributed by atoms with E-state index < -0.39 is 6.09 Å². The van der Waals surface area contributed by atoms with Crippen LogP contribution in [0.1, 0.15) is 23.2 Å². The van der Waals surface area contributed by atoms with Gasteiger partial charge in [0.1, 0.15) is 0 Å². The average molecular weight is 503 g/mol. The van der Waals surface area contributed by atoms with Crippen molar-refractivity contribution in [1.82, 2.24) is 15.6 Å². The van der Waals surface area contributed by atoms with Gasteiger partial charge in [-0.3, -0.25) is 5.32 Å². The summed E-state index contributed by atoms with van der Waals surface area (Å²) in [6.07, 6.45) is 0.382. The summed E-state index contributed by atoms with van der Waals surface area (Å²) in [4.78, 5) is 20.2. The number of nitrogens with zero attached hydrogens (tertiary/aromatic N) is 2. The van der Waals surface area contributed by atoms with Gasteiger partial charge in [-0.1, -0.05) is 12.1 Å². The average Bonchev–Trinajstić information content (AvgIpc) is 3.06. The van der Waals surface area contributed by atoms with E-state index >= 15 is 0 Å². The highest BCUT2D eigenvalue weighted by molar-refractivity contribution is 14.0. The maximum Gasteiger partial charge on any atom is 0.411 e. The van der Waals surface area contributed by atoms with E-state index in [1.54, 1.807) is 11.3 Å². The highest BCUT2D eigenvalue weighted by Crippen LogP contribution is 2.11. The van der Waals surface area contributed by atoms with Crippen molar-refractivity contribution in [1.29, 1.82) is 0 Å². The number of aliphatic imine (C=N–C) groups is 1. The molecule has 0 saturated heterocycles. The Morgan fingerprint density at radius 1 is 1.26 bits per heavy atom. The van der Waals surface area contributed by atoms with Gasteiger partial charge in [-0.25, -0.2) is 14.8 Å². The van der Waals surface area contributed by atoms with Crippen LogP contribution in [0.2, 0.25) is 0 Å². The lowest BCUT2D eigenvalue weighted by Crippen LogP contribution is -2.38. The third kappa shape index (κ3) is 8.57. The van der Waals surface area contributed by atoms with Crippen LogP contribution in [0.3, 0.4) is 0 Å². The zero-order valence-electron chi connectivity index (χ0n) is 15.7. The van der Waals surface area contributed by atoms with E-state index in [0.717, 1.165) is 41.7 Å². The largest absolute Gasteiger partial charge is 0.453 e. The summed E-state index contributed by atoms with van der Waals surface area (Å²) in [6, 6.07) is 7.51. The Bertz CT molecular complexity index is 734. The molecule has 0 bridgehead atoms. The molecule has 1 aromatic heterocycles. The minimum absolute atomic E-state index is 0. The second kappa shape index (κ2) is 12.5. The van der Waals surface area contributed by atoms with Crippen LogP contribution in [0.5, 0.6) is 0 Å². The van der Waals surface area contributed by atoms with Crippen LogP contribution in [0.4, 0.5) is 10.5 Å². The summed E-state index contributed by atoms with van der Waals surface area (Å²) >= 11 is 1.67. The Morgan fingerprint density at radius 3 is 2.59 bits per heavy atom. The van der Waals surface area contributed by atoms with Crippen LogP contribution in [-0.2, 0) is 17.7 Å². The normalized spacial score (nSPS) is 10.7. The van der Waals surface area contributed by atoms with Crippen molar-refractivity contribution in [3.63, 3.8) is 0 Å². The number of rotatable bonds is 7. The number of thiazole rings is 1. The van der Waals surface area contributed by atoms with Gasteiger partial charge in [0, 0.05) is 30.6 Å². The van der Waals surface area contributed by atoms with Gasteiger partial charge in [-0.2, -0.15) is 0 Å². The number of amides is 1. The third-order valence-corrected chi connectivity index (χ3v) is 4.31. The number of aryl methyl sites for hydroxylation is 1. The summed E-state index contributed by atoms with van der Waals surface area (Å²) in [5.41, 5.74) is 2.84. The monoisotopic (exact) mass is 503 g/mol. The Kier molecular flexibility index (Phi) is 10.7. The van der Waals surface area contributed by atoms with E-state index in [4.69, 9.17) is 0 Å². The second-order valence-electron chi connectivity index (χ2n) is 5.54. The molecule has 0 aliphatic heterocycles. The molecule has 0 spiro atoms. The molecule has 1 heterocycles. The number of anilines is 1. The Labute approximate surface area is 181 Å². The van der Waals surface area contributed by atoms with Crippen molar-refractivity contribution in [2.75, 3.05) is 25.5 Å². The van der Waals surface area contributed by atoms with Crippen LogP contribution in [0.15, 0.2) is 34.6 Å². The van der Waals surface area contributed by atoms with Gasteiger partial charge >= 0.3 is 6.09 Å². The first-order valence-electron chi connectivity index (χ1n) is 8.47. The summed E-state index contributed by atoms with van der Waals surface area (Å²) < 4.78 is 4.57. The molecule has 0 aliphatic rings. The van der Waals surface area contributed by atoms with E-state index in [-0.39, 0.29) is 24.0 Å². The number of carbonyl (C=O) groups is 1. The number of halogens is 1. The number of guanidine groups is 1. The molecule has 7 nitrogen and oxygen atoms in total. The highest BCUT2D eigenvalue weighted by Gasteiger charge is 2.02. The molecule has 148 valence electrons. The summed E-state index contributed by atoms with van der Waals surface area (Å²) in [6.45, 7) is 6.16. The zero-order chi connectivity index (χ0) is 18.8. The molecule has 3 N–H and O–H groups in total. The van der Waals surface area contributed by atoms with Crippen molar-refractivity contribution < 1.29 is 9.53 Å². The van der Waals surface area contributed by atoms with Crippen molar-refractivity contribution in [2.24, 2.45) is 4.99 Å². The van der Waals surface area contributed by atoms with Crippen molar-refractivity contribution in [3.8, 4) is 0 Å². The molecule has 0 saturated carbocycles. The number of ether oxygens (including phenoxy) is 1. The fourth-order valence-corrected chi connectivity index (χ4v) is 2.85. The fraction of sp³-hybridized carbons (Fsp3) is 0.389. The van der Waals surface area contributed by atoms with Crippen molar-refractivity contribution >= 4 is 53.1 Å². The summed E-state index contributed by atoms with van der Waals surface area (Å²) in [5.74, 6) is 0.774. The maximum absolute atomic E-state index is 11.2. The second-order valence-corrected chi connectivity index (χ2v) is 6.61. The highest BCUT2D eigenvalue weighted by atomic mass is 127. The molecule has 0 aliphatic carbocycles. The van der Waals surface area contributed by atoms with E-state index in [0.29, 0.717) is 12.2 Å². The molecular formula is C18H26IN5O2S. The van der Waals surface area contributed by atoms with Crippen LogP contribution in [0, 0.1) is 6.92 Å². The lowest BCUT2D eigenvalue weighted by molar-refractivity contribution is 0.187. The van der Waals surface area contributed by atoms with Crippen molar-refractivity contribution in [2.45, 2.75) is 26.8 Å². The molecule has 1 amide bonds. The maximum atomic E-state index is 11.2. The number of methoxy groups -OCH3 is 1. The smallest absolute Gasteiger partial charge is 0.411 e. The first-order valence-corrected chi connectivity index (χ1v) is 9.35. The van der Waals surface area contributed by atoms with E-state index in [9.17, 15) is 4.79 Å². The summed E-state index contributed by atoms with van der Waals surface area (Å²) in [7, 11) is 1.34. The molecular weight excluding hydrogens is 477 g/mol. The molecule has 1 aromatic carbocycles. The van der Waals surface area contributed by atoms with Gasteiger partial charge in [0.25, 0.3) is 0 Å². The predicted octanol–water partition coefficient (Wildman–Crippen LogP) is 3.55. The van der Waals surface area contributed by atoms with Crippen molar-refractivity contribution in [3.05, 3.63) is 45.9 Å². The number of benzene rings is 1. The standard InChI is InChI=1S/C18H25N5O2S.HI/c1-4-19-17(20-10-9-16-12-26-13(2)22-16)21-11-14-5-7-15(8-6-14)23-18(24)25-3;/h5-8,12H,4,9-11H2,1-3H3,(H,23,24)(H2,19,20,21);1H. The number of aromatic nitrogens is 1. The molecule has 0 atom stereocenters. The lowest BCUT2D eigenvalue weighted by atomic mass is 10.2. The molecule has 0 unspecified atom stereocenters. The molecule has 27 heavy (non-hydrogen) atoms. The van der Waals surface area contributed by atoms with Crippen LogP contribution in [-0.4, -0.2) is 37.2 Å². The molecule has 0 radical (unpaired) electrons. The Morgan fingerprint density at radius 2 is 2.00 bits per heavy atom. The van der Waals surface area contributed by atoms with Gasteiger partial charge < -0.3 is 15.4 Å². The number of carbonyl (C=O) groups excluding carboxylic acids is 1. The van der Waals surface area contributed by atoms with Gasteiger partial charge in [0.2, 0.25) is 0 Å². The SMILES string of the molecule is CCNC(=NCc1ccc(NC(=O)OC)cc1)NCCc1csc(C)n1.I. The number of hydrogen-bond acceptors (Lipinski definition) is 5. The van der Waals surface area contributed by atoms with Gasteiger partial charge in [0.05, 0.1) is 24.4 Å². The van der Waals surface area contributed by atoms with Crippen LogP contribution >= 0.6 is 35.3 Å². The fourth-order valence-electron chi connectivity index (χ4n) is 2.21. The topological polar surface area (TPSA) is 87.6 Å². The quantitative estimate of drug-likeness (QED) is 0.306. The minimum Gasteiger partial charge on any atom is -0.453 e. The molecule has 2 aromatic rings. The molecule has 9 heteroatoms. The van der Waals surface area contributed by atoms with Gasteiger partial charge in [0.15, 0.2) is 5.96 Å². The predicted molar refractivity (Wildman–Crippen MR) is 121 cm³/mol. The van der Waals surface area contributed by atoms with E-state index in [1.165, 1.54) is 7.11 Å². The Hall–Kier alpha value is -1.88. The lowest BCUT2D eigenvalue weighted by Gasteiger charge is -2.11. The summed E-state index contributed by atoms with van der Waals surface area (Å²) in [5, 5.41) is 12.4. The zero-order valence-corrected chi connectivity index (χ0v) is 18.9. The van der Waals surface area contributed by atoms with E-state index in [2.05, 4.69) is 36.0 Å². The molecule has 0 fully saturated rings. The number of nitrogens with one attached hydrogen (secondary N) is 3. The van der Waals surface area contributed by atoms with Crippen LogP contribution < -0.4 is 16.0 Å². The number of hydrogen-bond donors (Lipinski definition) is 3. The Balaban J connectivity index is 0.00000364. The minimum atomic E-state index is -0.482. The molecule has 2 rings (SSSR count).